The number of hydrogen-bond donors (Lipinski definition) is 1. The first-order valence-electron chi connectivity index (χ1n) is 11.9. The number of rotatable bonds is 11. The lowest BCUT2D eigenvalue weighted by Crippen LogP contribution is -2.36. The number of ether oxygens (including phenoxy) is 1. The molecule has 2 heterocycles. The minimum atomic E-state index is 0.209. The van der Waals surface area contributed by atoms with Gasteiger partial charge in [0.1, 0.15) is 5.75 Å². The molecule has 5 nitrogen and oxygen atoms in total. The Labute approximate surface area is 182 Å². The summed E-state index contributed by atoms with van der Waals surface area (Å²) in [5.41, 5.74) is 0.756. The number of β-amino-alcohol motifs (C(OH)–C–C–N with tert-alkyl or cyclic N) is 1. The van der Waals surface area contributed by atoms with Crippen LogP contribution in [0.1, 0.15) is 61.7 Å². The predicted molar refractivity (Wildman–Crippen MR) is 121 cm³/mol. The fourth-order valence-electron chi connectivity index (χ4n) is 5.03. The molecule has 5 heteroatoms. The molecule has 0 saturated carbocycles. The smallest absolute Gasteiger partial charge is 0.164 e. The van der Waals surface area contributed by atoms with Crippen LogP contribution in [-0.2, 0) is 0 Å². The number of ketones is 1. The first-order chi connectivity index (χ1) is 14.7. The Morgan fingerprint density at radius 2 is 1.60 bits per heavy atom. The Balaban J connectivity index is 1.26. The number of likely N-dealkylation sites (tertiary alicyclic amines) is 2. The van der Waals surface area contributed by atoms with Crippen molar-refractivity contribution in [3.05, 3.63) is 29.8 Å². The Bertz CT molecular complexity index is 635. The van der Waals surface area contributed by atoms with Gasteiger partial charge in [-0.1, -0.05) is 31.4 Å². The topological polar surface area (TPSA) is 53.0 Å². The van der Waals surface area contributed by atoms with Crippen LogP contribution in [0.2, 0.25) is 0 Å². The van der Waals surface area contributed by atoms with Crippen molar-refractivity contribution in [2.45, 2.75) is 51.4 Å². The number of hydrogen-bond acceptors (Lipinski definition) is 5. The number of carbonyl (C=O) groups is 1. The van der Waals surface area contributed by atoms with E-state index in [-0.39, 0.29) is 5.78 Å². The number of carbonyl (C=O) groups excluding carboxylic acids is 1. The molecule has 0 amide bonds. The van der Waals surface area contributed by atoms with E-state index in [1.807, 2.05) is 24.3 Å². The summed E-state index contributed by atoms with van der Waals surface area (Å²) in [5, 5.41) is 9.05. The van der Waals surface area contributed by atoms with E-state index in [0.717, 1.165) is 62.4 Å². The van der Waals surface area contributed by atoms with Gasteiger partial charge in [0.25, 0.3) is 0 Å². The second-order valence-corrected chi connectivity index (χ2v) is 9.13. The van der Waals surface area contributed by atoms with Gasteiger partial charge >= 0.3 is 0 Å². The summed E-state index contributed by atoms with van der Waals surface area (Å²) < 4.78 is 5.22. The van der Waals surface area contributed by atoms with E-state index >= 15 is 0 Å². The van der Waals surface area contributed by atoms with Crippen molar-refractivity contribution < 1.29 is 14.6 Å². The van der Waals surface area contributed by atoms with Gasteiger partial charge in [0, 0.05) is 25.1 Å². The van der Waals surface area contributed by atoms with Crippen LogP contribution in [-0.4, -0.2) is 73.7 Å². The third-order valence-corrected chi connectivity index (χ3v) is 7.10. The maximum absolute atomic E-state index is 12.5. The second kappa shape index (κ2) is 12.4. The summed E-state index contributed by atoms with van der Waals surface area (Å²) in [4.78, 5) is 17.3. The highest BCUT2D eigenvalue weighted by atomic mass is 16.5. The van der Waals surface area contributed by atoms with Crippen molar-refractivity contribution in [1.82, 2.24) is 9.80 Å². The molecule has 30 heavy (non-hydrogen) atoms. The highest BCUT2D eigenvalue weighted by Gasteiger charge is 2.22. The van der Waals surface area contributed by atoms with Crippen LogP contribution in [0.5, 0.6) is 5.75 Å². The molecule has 1 aromatic carbocycles. The number of nitrogens with zero attached hydrogens (tertiary/aromatic N) is 2. The molecule has 0 atom stereocenters. The van der Waals surface area contributed by atoms with Crippen molar-refractivity contribution in [1.29, 1.82) is 0 Å². The Hall–Kier alpha value is -1.43. The third kappa shape index (κ3) is 7.36. The summed E-state index contributed by atoms with van der Waals surface area (Å²) in [6, 6.07) is 7.48. The molecule has 1 N–H and O–H groups in total. The molecule has 0 bridgehead atoms. The minimum Gasteiger partial charge on any atom is -0.497 e. The fourth-order valence-corrected chi connectivity index (χ4v) is 5.03. The molecule has 2 aliphatic heterocycles. The fraction of sp³-hybridized carbons (Fsp3) is 0.720. The lowest BCUT2D eigenvalue weighted by molar-refractivity contribution is 0.0948. The van der Waals surface area contributed by atoms with E-state index in [0.29, 0.717) is 13.0 Å². The largest absolute Gasteiger partial charge is 0.497 e. The molecule has 0 aliphatic carbocycles. The highest BCUT2D eigenvalue weighted by Crippen LogP contribution is 2.27. The van der Waals surface area contributed by atoms with E-state index in [4.69, 9.17) is 9.84 Å². The first-order valence-corrected chi connectivity index (χ1v) is 11.9. The molecule has 1 aromatic rings. The second-order valence-electron chi connectivity index (χ2n) is 9.13. The average Bonchev–Trinajstić information content (AvgIpc) is 2.79. The van der Waals surface area contributed by atoms with Crippen LogP contribution in [0.3, 0.4) is 0 Å². The molecule has 3 rings (SSSR count). The monoisotopic (exact) mass is 416 g/mol. The van der Waals surface area contributed by atoms with E-state index in [2.05, 4.69) is 9.80 Å². The summed E-state index contributed by atoms with van der Waals surface area (Å²) >= 11 is 0. The van der Waals surface area contributed by atoms with E-state index in [1.165, 1.54) is 44.9 Å². The summed E-state index contributed by atoms with van der Waals surface area (Å²) in [6.45, 7) is 6.60. The molecule has 2 saturated heterocycles. The number of aliphatic hydroxyl groups is 1. The van der Waals surface area contributed by atoms with Crippen LogP contribution < -0.4 is 4.74 Å². The SMILES string of the molecule is COc1cccc(C(=O)CCN2CCC(CCCC3CCN(CCO)CC3)CC2)c1. The molecule has 168 valence electrons. The average molecular weight is 417 g/mol. The van der Waals surface area contributed by atoms with E-state index in [1.54, 1.807) is 7.11 Å². The normalized spacial score (nSPS) is 19.8. The van der Waals surface area contributed by atoms with Gasteiger partial charge < -0.3 is 19.6 Å². The molecule has 0 aromatic heterocycles. The van der Waals surface area contributed by atoms with E-state index < -0.39 is 0 Å². The number of methoxy groups -OCH3 is 1. The number of Topliss-reactive ketones (excluding diaryl/α,β-unsaturated/α-hetero) is 1. The van der Waals surface area contributed by atoms with Crippen LogP contribution >= 0.6 is 0 Å². The van der Waals surface area contributed by atoms with Crippen LogP contribution in [0.25, 0.3) is 0 Å². The lowest BCUT2D eigenvalue weighted by atomic mass is 9.87. The van der Waals surface area contributed by atoms with Crippen LogP contribution in [0.15, 0.2) is 24.3 Å². The quantitative estimate of drug-likeness (QED) is 0.555. The van der Waals surface area contributed by atoms with Gasteiger partial charge in [0.05, 0.1) is 13.7 Å². The van der Waals surface area contributed by atoms with E-state index in [9.17, 15) is 4.79 Å². The van der Waals surface area contributed by atoms with Crippen molar-refractivity contribution in [2.75, 3.05) is 53.0 Å². The molecule has 0 unspecified atom stereocenters. The zero-order chi connectivity index (χ0) is 21.2. The minimum absolute atomic E-state index is 0.209. The molecule has 0 spiro atoms. The van der Waals surface area contributed by atoms with Gasteiger partial charge in [-0.15, -0.1) is 0 Å². The maximum Gasteiger partial charge on any atom is 0.164 e. The van der Waals surface area contributed by atoms with Gasteiger partial charge in [-0.25, -0.2) is 0 Å². The summed E-state index contributed by atoms with van der Waals surface area (Å²) in [7, 11) is 1.63. The van der Waals surface area contributed by atoms with Gasteiger partial charge in [-0.2, -0.15) is 0 Å². The lowest BCUT2D eigenvalue weighted by Gasteiger charge is -2.33. The highest BCUT2D eigenvalue weighted by molar-refractivity contribution is 5.96. The summed E-state index contributed by atoms with van der Waals surface area (Å²) in [5.74, 6) is 2.71. The molecular formula is C25H40N2O3. The Morgan fingerprint density at radius 3 is 2.17 bits per heavy atom. The van der Waals surface area contributed by atoms with Crippen LogP contribution in [0, 0.1) is 11.8 Å². The zero-order valence-electron chi connectivity index (χ0n) is 18.7. The Morgan fingerprint density at radius 1 is 1.00 bits per heavy atom. The van der Waals surface area contributed by atoms with Crippen molar-refractivity contribution >= 4 is 5.78 Å². The molecule has 0 radical (unpaired) electrons. The van der Waals surface area contributed by atoms with Gasteiger partial charge in [0.15, 0.2) is 5.78 Å². The number of benzene rings is 1. The van der Waals surface area contributed by atoms with Crippen molar-refractivity contribution in [3.63, 3.8) is 0 Å². The van der Waals surface area contributed by atoms with Crippen molar-refractivity contribution in [3.8, 4) is 5.75 Å². The van der Waals surface area contributed by atoms with Crippen LogP contribution in [0.4, 0.5) is 0 Å². The molecular weight excluding hydrogens is 376 g/mol. The summed E-state index contributed by atoms with van der Waals surface area (Å²) in [6.07, 6.45) is 9.87. The molecule has 2 fully saturated rings. The first kappa shape index (κ1) is 23.2. The van der Waals surface area contributed by atoms with Crippen molar-refractivity contribution in [2.24, 2.45) is 11.8 Å². The van der Waals surface area contributed by atoms with Gasteiger partial charge in [0.2, 0.25) is 0 Å². The standard InChI is InChI=1S/C25H40N2O3/c1-30-24-7-3-6-23(20-24)25(29)12-17-26-13-8-21(9-14-26)4-2-5-22-10-15-27(16-11-22)18-19-28/h3,6-7,20-22,28H,2,4-5,8-19H2,1H3. The number of aliphatic hydroxyl groups excluding tert-OH is 1. The zero-order valence-corrected chi connectivity index (χ0v) is 18.7. The maximum atomic E-state index is 12.5. The predicted octanol–water partition coefficient (Wildman–Crippen LogP) is 3.85. The molecule has 2 aliphatic rings. The van der Waals surface area contributed by atoms with Gasteiger partial charge in [-0.05, 0) is 75.8 Å². The number of piperidine rings is 2. The van der Waals surface area contributed by atoms with Gasteiger partial charge in [-0.3, -0.25) is 4.79 Å². The Kier molecular flexibility index (Phi) is 9.63. The third-order valence-electron chi connectivity index (χ3n) is 7.10.